The van der Waals surface area contributed by atoms with Crippen LogP contribution in [0.25, 0.3) is 16.7 Å². The Labute approximate surface area is 201 Å². The van der Waals surface area contributed by atoms with Gasteiger partial charge in [0.1, 0.15) is 0 Å². The van der Waals surface area contributed by atoms with E-state index in [-0.39, 0.29) is 17.1 Å². The van der Waals surface area contributed by atoms with E-state index in [9.17, 15) is 14.4 Å². The lowest BCUT2D eigenvalue weighted by Gasteiger charge is -2.13. The first-order valence-corrected chi connectivity index (χ1v) is 12.3. The number of Topliss-reactive ketones (excluding diaryl/α,β-unsaturated/α-hetero) is 2. The summed E-state index contributed by atoms with van der Waals surface area (Å²) in [5.41, 5.74) is 2.98. The molecule has 4 aromatic rings. The van der Waals surface area contributed by atoms with Gasteiger partial charge in [0.25, 0.3) is 5.56 Å². The second-order valence-corrected chi connectivity index (χ2v) is 10.4. The zero-order valence-corrected chi connectivity index (χ0v) is 21.1. The lowest BCUT2D eigenvalue weighted by Crippen LogP contribution is -2.24. The molecule has 0 saturated heterocycles. The summed E-state index contributed by atoms with van der Waals surface area (Å²) in [7, 11) is 0. The van der Waals surface area contributed by atoms with Gasteiger partial charge in [0.15, 0.2) is 16.7 Å². The highest BCUT2D eigenvalue weighted by Crippen LogP contribution is 2.29. The highest BCUT2D eigenvalue weighted by atomic mass is 32.2. The molecule has 0 aliphatic heterocycles. The van der Waals surface area contributed by atoms with Gasteiger partial charge in [-0.1, -0.05) is 37.7 Å². The minimum absolute atomic E-state index is 0.0695. The van der Waals surface area contributed by atoms with Gasteiger partial charge in [-0.2, -0.15) is 0 Å². The van der Waals surface area contributed by atoms with Crippen LogP contribution < -0.4 is 5.56 Å². The number of carbonyl (C=O) groups excluding carboxylic acids is 2. The van der Waals surface area contributed by atoms with Gasteiger partial charge in [0.2, 0.25) is 5.78 Å². The molecule has 0 saturated carbocycles. The van der Waals surface area contributed by atoms with Crippen molar-refractivity contribution in [2.75, 3.05) is 0 Å². The van der Waals surface area contributed by atoms with Gasteiger partial charge in [-0.3, -0.25) is 23.4 Å². The van der Waals surface area contributed by atoms with Crippen LogP contribution in [0.3, 0.4) is 0 Å². The normalized spacial score (nSPS) is 12.7. The Morgan fingerprint density at radius 1 is 1.12 bits per heavy atom. The molecule has 0 amide bonds. The fourth-order valence-corrected chi connectivity index (χ4v) is 5.25. The summed E-state index contributed by atoms with van der Waals surface area (Å²) in [4.78, 5) is 41.6. The van der Waals surface area contributed by atoms with Crippen LogP contribution >= 0.6 is 11.8 Å². The van der Waals surface area contributed by atoms with Crippen LogP contribution in [0.1, 0.15) is 66.2 Å². The summed E-state index contributed by atoms with van der Waals surface area (Å²) in [6.45, 7) is 11.7. The third kappa shape index (κ3) is 4.09. The number of thioether (sulfide) groups is 1. The second kappa shape index (κ2) is 9.21. The number of aryl methyl sites for hydroxylation is 2. The van der Waals surface area contributed by atoms with Crippen LogP contribution in [0.15, 0.2) is 34.2 Å². The number of para-hydroxylation sites is 1. The van der Waals surface area contributed by atoms with E-state index in [2.05, 4.69) is 29.0 Å². The number of aromatic amines is 1. The summed E-state index contributed by atoms with van der Waals surface area (Å²) in [6, 6.07) is 7.39. The van der Waals surface area contributed by atoms with E-state index in [1.54, 1.807) is 24.5 Å². The third-order valence-corrected chi connectivity index (χ3v) is 7.14. The SMILES string of the molecule is CC(=O)c1c(C)[nH]c(C(=O)[C@H](C)Sc2nnc3n(CCC(C)C)c(=O)c4ccccc4n23)c1C. The molecule has 0 unspecified atom stereocenters. The molecule has 1 aromatic carbocycles. The van der Waals surface area contributed by atoms with Crippen molar-refractivity contribution in [2.24, 2.45) is 5.92 Å². The van der Waals surface area contributed by atoms with Gasteiger partial charge in [0.05, 0.1) is 21.8 Å². The smallest absolute Gasteiger partial charge is 0.262 e. The molecule has 34 heavy (non-hydrogen) atoms. The van der Waals surface area contributed by atoms with Crippen molar-refractivity contribution in [1.82, 2.24) is 24.1 Å². The van der Waals surface area contributed by atoms with Crippen molar-refractivity contribution in [3.8, 4) is 0 Å². The molecule has 0 aliphatic rings. The lowest BCUT2D eigenvalue weighted by atomic mass is 10.0. The first-order valence-electron chi connectivity index (χ1n) is 11.4. The van der Waals surface area contributed by atoms with Gasteiger partial charge >= 0.3 is 0 Å². The highest BCUT2D eigenvalue weighted by molar-refractivity contribution is 8.00. The molecule has 0 bridgehead atoms. The van der Waals surface area contributed by atoms with E-state index in [4.69, 9.17) is 0 Å². The minimum atomic E-state index is -0.487. The van der Waals surface area contributed by atoms with Crippen LogP contribution in [0.5, 0.6) is 0 Å². The molecule has 178 valence electrons. The van der Waals surface area contributed by atoms with Crippen molar-refractivity contribution < 1.29 is 9.59 Å². The quantitative estimate of drug-likeness (QED) is 0.293. The Morgan fingerprint density at radius 2 is 1.82 bits per heavy atom. The Balaban J connectivity index is 1.77. The average Bonchev–Trinajstić information content (AvgIpc) is 3.33. The minimum Gasteiger partial charge on any atom is -0.355 e. The van der Waals surface area contributed by atoms with Crippen LogP contribution in [0, 0.1) is 19.8 Å². The summed E-state index contributed by atoms with van der Waals surface area (Å²) in [6.07, 6.45) is 0.835. The molecular weight excluding hydrogens is 450 g/mol. The molecule has 0 fully saturated rings. The summed E-state index contributed by atoms with van der Waals surface area (Å²) < 4.78 is 3.53. The van der Waals surface area contributed by atoms with E-state index >= 15 is 0 Å². The second-order valence-electron chi connectivity index (χ2n) is 9.08. The monoisotopic (exact) mass is 479 g/mol. The third-order valence-electron chi connectivity index (χ3n) is 6.10. The number of ketones is 2. The molecule has 0 aliphatic carbocycles. The Kier molecular flexibility index (Phi) is 6.49. The predicted molar refractivity (Wildman–Crippen MR) is 134 cm³/mol. The molecule has 0 spiro atoms. The molecule has 8 nitrogen and oxygen atoms in total. The fourth-order valence-electron chi connectivity index (χ4n) is 4.34. The number of benzene rings is 1. The van der Waals surface area contributed by atoms with E-state index in [0.717, 1.165) is 6.42 Å². The number of nitrogens with one attached hydrogen (secondary N) is 1. The molecule has 1 N–H and O–H groups in total. The van der Waals surface area contributed by atoms with E-state index in [1.165, 1.54) is 18.7 Å². The number of hydrogen-bond donors (Lipinski definition) is 1. The number of nitrogens with zero attached hydrogens (tertiary/aromatic N) is 4. The molecular formula is C25H29N5O3S. The van der Waals surface area contributed by atoms with Gasteiger partial charge < -0.3 is 4.98 Å². The Morgan fingerprint density at radius 3 is 2.47 bits per heavy atom. The standard InChI is InChI=1S/C25H29N5O3S/c1-13(2)11-12-29-23(33)18-9-7-8-10-19(18)30-24(29)27-28-25(30)34-17(6)22(32)21-14(3)20(16(5)31)15(4)26-21/h7-10,13,17,26H,11-12H2,1-6H3/t17-/m0/s1. The van der Waals surface area contributed by atoms with Crippen molar-refractivity contribution in [3.63, 3.8) is 0 Å². The van der Waals surface area contributed by atoms with E-state index in [0.29, 0.717) is 56.8 Å². The molecule has 0 radical (unpaired) electrons. The van der Waals surface area contributed by atoms with Gasteiger partial charge in [-0.15, -0.1) is 10.2 Å². The van der Waals surface area contributed by atoms with E-state index in [1.807, 2.05) is 29.5 Å². The summed E-state index contributed by atoms with van der Waals surface area (Å²) >= 11 is 1.29. The van der Waals surface area contributed by atoms with Gasteiger partial charge in [-0.05, 0) is 57.7 Å². The predicted octanol–water partition coefficient (Wildman–Crippen LogP) is 4.60. The zero-order valence-electron chi connectivity index (χ0n) is 20.3. The number of aromatic nitrogens is 5. The van der Waals surface area contributed by atoms with Crippen molar-refractivity contribution in [1.29, 1.82) is 0 Å². The van der Waals surface area contributed by atoms with Crippen molar-refractivity contribution >= 4 is 40.0 Å². The maximum absolute atomic E-state index is 13.3. The van der Waals surface area contributed by atoms with Gasteiger partial charge in [0, 0.05) is 17.8 Å². The lowest BCUT2D eigenvalue weighted by molar-refractivity contribution is 0.0988. The molecule has 9 heteroatoms. The molecule has 3 aromatic heterocycles. The Bertz CT molecular complexity index is 1480. The van der Waals surface area contributed by atoms with Crippen molar-refractivity contribution in [2.45, 2.75) is 64.9 Å². The highest BCUT2D eigenvalue weighted by Gasteiger charge is 2.26. The maximum Gasteiger partial charge on any atom is 0.262 e. The van der Waals surface area contributed by atoms with E-state index < -0.39 is 5.25 Å². The van der Waals surface area contributed by atoms with Crippen molar-refractivity contribution in [3.05, 3.63) is 57.1 Å². The number of hydrogen-bond acceptors (Lipinski definition) is 6. The summed E-state index contributed by atoms with van der Waals surface area (Å²) in [5.74, 6) is 0.713. The summed E-state index contributed by atoms with van der Waals surface area (Å²) in [5, 5.41) is 9.34. The van der Waals surface area contributed by atoms with Crippen LogP contribution in [0.4, 0.5) is 0 Å². The first-order chi connectivity index (χ1) is 16.1. The van der Waals surface area contributed by atoms with Crippen LogP contribution in [-0.4, -0.2) is 41.0 Å². The van der Waals surface area contributed by atoms with Crippen LogP contribution in [-0.2, 0) is 6.54 Å². The van der Waals surface area contributed by atoms with Crippen LogP contribution in [0.2, 0.25) is 0 Å². The maximum atomic E-state index is 13.3. The topological polar surface area (TPSA) is 102 Å². The number of carbonyl (C=O) groups is 2. The zero-order chi connectivity index (χ0) is 24.7. The average molecular weight is 480 g/mol. The number of fused-ring (bicyclic) bond motifs is 3. The van der Waals surface area contributed by atoms with Gasteiger partial charge in [-0.25, -0.2) is 0 Å². The molecule has 1 atom stereocenters. The number of rotatable bonds is 8. The Hall–Kier alpha value is -3.20. The largest absolute Gasteiger partial charge is 0.355 e. The fraction of sp³-hybridized carbons (Fsp3) is 0.400. The number of H-pyrrole nitrogens is 1. The molecule has 4 rings (SSSR count). The molecule has 3 heterocycles. The first kappa shape index (κ1) is 23.9.